The number of nitrogens with one attached hydrogen (secondary N) is 1. The molecule has 0 aliphatic carbocycles. The van der Waals surface area contributed by atoms with Crippen LogP contribution in [0.2, 0.25) is 5.02 Å². The summed E-state index contributed by atoms with van der Waals surface area (Å²) >= 11 is 6.14. The van der Waals surface area contributed by atoms with Gasteiger partial charge in [-0.15, -0.1) is 0 Å². The Kier molecular flexibility index (Phi) is 9.29. The topological polar surface area (TPSA) is 86.8 Å². The second-order valence-electron chi connectivity index (χ2n) is 8.79. The van der Waals surface area contributed by atoms with Crippen LogP contribution in [0.5, 0.6) is 0 Å². The van der Waals surface area contributed by atoms with Crippen molar-refractivity contribution in [2.45, 2.75) is 44.3 Å². The summed E-state index contributed by atoms with van der Waals surface area (Å²) in [6.45, 7) is 4.54. The Balaban J connectivity index is 2.01. The van der Waals surface area contributed by atoms with Crippen molar-refractivity contribution in [1.82, 2.24) is 10.2 Å². The first-order valence-corrected chi connectivity index (χ1v) is 13.5. The molecule has 0 radical (unpaired) electrons. The van der Waals surface area contributed by atoms with E-state index in [1.54, 1.807) is 57.2 Å². The van der Waals surface area contributed by atoms with Gasteiger partial charge in [0.15, 0.2) is 0 Å². The fourth-order valence-electron chi connectivity index (χ4n) is 3.65. The maximum atomic E-state index is 13.7. The van der Waals surface area contributed by atoms with Crippen LogP contribution in [0.1, 0.15) is 26.3 Å². The van der Waals surface area contributed by atoms with E-state index >= 15 is 0 Å². The Morgan fingerprint density at radius 1 is 0.946 bits per heavy atom. The molecule has 1 atom stereocenters. The normalized spacial score (nSPS) is 12.2. The largest absolute Gasteiger partial charge is 0.352 e. The van der Waals surface area contributed by atoms with E-state index in [9.17, 15) is 22.4 Å². The van der Waals surface area contributed by atoms with Crippen molar-refractivity contribution in [3.8, 4) is 0 Å². The standard InChI is InChI=1S/C27H29ClFN3O4S/c1-19(2)30-27(34)20(3)31(17-21-12-14-23(29)15-13-21)26(33)18-32(24-9-7-8-22(28)16-24)37(35,36)25-10-5-4-6-11-25/h4-16,19-20H,17-18H2,1-3H3,(H,30,34)/t20-/m1/s1. The Bertz CT molecular complexity index is 1340. The Morgan fingerprint density at radius 2 is 1.59 bits per heavy atom. The molecule has 37 heavy (non-hydrogen) atoms. The highest BCUT2D eigenvalue weighted by atomic mass is 35.5. The van der Waals surface area contributed by atoms with Crippen LogP contribution in [0.3, 0.4) is 0 Å². The first kappa shape index (κ1) is 28.1. The molecule has 0 aliphatic heterocycles. The molecule has 3 aromatic rings. The highest BCUT2D eigenvalue weighted by Gasteiger charge is 2.32. The molecule has 0 saturated heterocycles. The third kappa shape index (κ3) is 7.30. The molecule has 196 valence electrons. The molecule has 7 nitrogen and oxygen atoms in total. The zero-order valence-electron chi connectivity index (χ0n) is 20.8. The molecule has 0 aromatic heterocycles. The SMILES string of the molecule is CC(C)NC(=O)[C@@H](C)N(Cc1ccc(F)cc1)C(=O)CN(c1cccc(Cl)c1)S(=O)(=O)c1ccccc1. The van der Waals surface area contributed by atoms with Crippen molar-refractivity contribution in [3.05, 3.63) is 95.3 Å². The summed E-state index contributed by atoms with van der Waals surface area (Å²) in [4.78, 5) is 27.9. The number of hydrogen-bond acceptors (Lipinski definition) is 4. The van der Waals surface area contributed by atoms with Crippen molar-refractivity contribution >= 4 is 39.1 Å². The van der Waals surface area contributed by atoms with E-state index < -0.39 is 40.2 Å². The van der Waals surface area contributed by atoms with Gasteiger partial charge >= 0.3 is 0 Å². The van der Waals surface area contributed by atoms with Crippen molar-refractivity contribution < 1.29 is 22.4 Å². The molecular formula is C27H29ClFN3O4S. The molecule has 0 fully saturated rings. The molecule has 0 bridgehead atoms. The predicted molar refractivity (Wildman–Crippen MR) is 142 cm³/mol. The first-order chi connectivity index (χ1) is 17.5. The van der Waals surface area contributed by atoms with Crippen molar-refractivity contribution in [2.24, 2.45) is 0 Å². The maximum absolute atomic E-state index is 13.7. The lowest BCUT2D eigenvalue weighted by Gasteiger charge is -2.32. The van der Waals surface area contributed by atoms with Crippen LogP contribution in [-0.4, -0.2) is 43.8 Å². The molecule has 1 N–H and O–H groups in total. The summed E-state index contributed by atoms with van der Waals surface area (Å²) in [5.74, 6) is -1.45. The Morgan fingerprint density at radius 3 is 2.19 bits per heavy atom. The van der Waals surface area contributed by atoms with E-state index in [1.165, 1.54) is 47.4 Å². The number of sulfonamides is 1. The number of anilines is 1. The average Bonchev–Trinajstić information content (AvgIpc) is 2.86. The van der Waals surface area contributed by atoms with Gasteiger partial charge in [0, 0.05) is 17.6 Å². The molecule has 0 saturated carbocycles. The van der Waals surface area contributed by atoms with Gasteiger partial charge in [-0.25, -0.2) is 12.8 Å². The Hall–Kier alpha value is -3.43. The summed E-state index contributed by atoms with van der Waals surface area (Å²) in [5.41, 5.74) is 0.782. The number of benzene rings is 3. The number of hydrogen-bond donors (Lipinski definition) is 1. The van der Waals surface area contributed by atoms with Crippen LogP contribution in [0.25, 0.3) is 0 Å². The summed E-state index contributed by atoms with van der Waals surface area (Å²) in [6.07, 6.45) is 0. The average molecular weight is 546 g/mol. The minimum Gasteiger partial charge on any atom is -0.352 e. The zero-order valence-corrected chi connectivity index (χ0v) is 22.3. The number of carbonyl (C=O) groups is 2. The summed E-state index contributed by atoms with van der Waals surface area (Å²) in [6, 6.07) is 18.4. The van der Waals surface area contributed by atoms with Crippen molar-refractivity contribution in [3.63, 3.8) is 0 Å². The fraction of sp³-hybridized carbons (Fsp3) is 0.259. The van der Waals surface area contributed by atoms with Gasteiger partial charge in [0.2, 0.25) is 11.8 Å². The summed E-state index contributed by atoms with van der Waals surface area (Å²) < 4.78 is 41.7. The molecule has 0 heterocycles. The van der Waals surface area contributed by atoms with Gasteiger partial charge in [0.1, 0.15) is 18.4 Å². The van der Waals surface area contributed by atoms with E-state index in [0.29, 0.717) is 10.6 Å². The van der Waals surface area contributed by atoms with Gasteiger partial charge in [-0.2, -0.15) is 0 Å². The monoisotopic (exact) mass is 545 g/mol. The van der Waals surface area contributed by atoms with Crippen LogP contribution in [0, 0.1) is 5.82 Å². The van der Waals surface area contributed by atoms with Crippen LogP contribution in [-0.2, 0) is 26.2 Å². The highest BCUT2D eigenvalue weighted by Crippen LogP contribution is 2.26. The summed E-state index contributed by atoms with van der Waals surface area (Å²) in [5, 5.41) is 3.08. The number of nitrogens with zero attached hydrogens (tertiary/aromatic N) is 2. The molecule has 3 rings (SSSR count). The van der Waals surface area contributed by atoms with Crippen molar-refractivity contribution in [2.75, 3.05) is 10.8 Å². The van der Waals surface area contributed by atoms with Gasteiger partial charge in [-0.05, 0) is 68.8 Å². The molecule has 0 aliphatic rings. The Labute approximate surface area is 221 Å². The van der Waals surface area contributed by atoms with Crippen molar-refractivity contribution in [1.29, 1.82) is 0 Å². The van der Waals surface area contributed by atoms with Crippen LogP contribution in [0.15, 0.2) is 83.8 Å². The zero-order chi connectivity index (χ0) is 27.2. The lowest BCUT2D eigenvalue weighted by atomic mass is 10.1. The summed E-state index contributed by atoms with van der Waals surface area (Å²) in [7, 11) is -4.17. The van der Waals surface area contributed by atoms with Crippen LogP contribution >= 0.6 is 11.6 Å². The fourth-order valence-corrected chi connectivity index (χ4v) is 5.27. The molecule has 0 spiro atoms. The smallest absolute Gasteiger partial charge is 0.264 e. The lowest BCUT2D eigenvalue weighted by Crippen LogP contribution is -2.52. The van der Waals surface area contributed by atoms with Crippen LogP contribution in [0.4, 0.5) is 10.1 Å². The minimum atomic E-state index is -4.17. The van der Waals surface area contributed by atoms with Gasteiger partial charge in [0.05, 0.1) is 10.6 Å². The number of rotatable bonds is 10. The molecular weight excluding hydrogens is 517 g/mol. The highest BCUT2D eigenvalue weighted by molar-refractivity contribution is 7.92. The van der Waals surface area contributed by atoms with Gasteiger partial charge < -0.3 is 10.2 Å². The van der Waals surface area contributed by atoms with E-state index in [2.05, 4.69) is 5.32 Å². The molecule has 10 heteroatoms. The van der Waals surface area contributed by atoms with Gasteiger partial charge in [-0.1, -0.05) is 48.0 Å². The second kappa shape index (κ2) is 12.2. The first-order valence-electron chi connectivity index (χ1n) is 11.7. The van der Waals surface area contributed by atoms with Gasteiger partial charge in [0.25, 0.3) is 10.0 Å². The third-order valence-electron chi connectivity index (χ3n) is 5.57. The van der Waals surface area contributed by atoms with Gasteiger partial charge in [-0.3, -0.25) is 13.9 Å². The number of halogens is 2. The molecule has 0 unspecified atom stereocenters. The number of carbonyl (C=O) groups excluding carboxylic acids is 2. The quantitative estimate of drug-likeness (QED) is 0.403. The minimum absolute atomic E-state index is 0.00143. The second-order valence-corrected chi connectivity index (χ2v) is 11.1. The number of amides is 2. The molecule has 3 aromatic carbocycles. The van der Waals surface area contributed by atoms with E-state index in [4.69, 9.17) is 11.6 Å². The van der Waals surface area contributed by atoms with E-state index in [-0.39, 0.29) is 23.2 Å². The van der Waals surface area contributed by atoms with E-state index in [0.717, 1.165) is 4.31 Å². The van der Waals surface area contributed by atoms with Crippen LogP contribution < -0.4 is 9.62 Å². The molecule has 2 amide bonds. The maximum Gasteiger partial charge on any atom is 0.264 e. The lowest BCUT2D eigenvalue weighted by molar-refractivity contribution is -0.139. The predicted octanol–water partition coefficient (Wildman–Crippen LogP) is 4.62. The third-order valence-corrected chi connectivity index (χ3v) is 7.59. The van der Waals surface area contributed by atoms with E-state index in [1.807, 2.05) is 0 Å².